The van der Waals surface area contributed by atoms with Gasteiger partial charge in [-0.2, -0.15) is 0 Å². The molecule has 4 fully saturated rings. The molecule has 0 radical (unpaired) electrons. The Morgan fingerprint density at radius 3 is 0.526 bits per heavy atom. The van der Waals surface area contributed by atoms with Gasteiger partial charge in [0.25, 0.3) is 0 Å². The Kier molecular flexibility index (Phi) is 14.5. The lowest BCUT2D eigenvalue weighted by molar-refractivity contribution is 0.444. The van der Waals surface area contributed by atoms with Crippen LogP contribution in [0, 0.1) is 0 Å². The van der Waals surface area contributed by atoms with E-state index in [1.165, 1.54) is 173 Å². The molecule has 390 valence electrons. The van der Waals surface area contributed by atoms with Gasteiger partial charge in [-0.3, -0.25) is 0 Å². The van der Waals surface area contributed by atoms with Crippen LogP contribution in [-0.2, 0) is 0 Å². The fourth-order valence-electron chi connectivity index (χ4n) is 15.1. The van der Waals surface area contributed by atoms with E-state index in [9.17, 15) is 2.74 Å². The molecule has 4 saturated carbocycles. The highest BCUT2D eigenvalue weighted by Crippen LogP contribution is 2.53. The number of hydrogen-bond acceptors (Lipinski definition) is 0. The highest BCUT2D eigenvalue weighted by molar-refractivity contribution is 6.05. The van der Waals surface area contributed by atoms with Crippen molar-refractivity contribution in [2.45, 2.75) is 152 Å². The molecular formula is C78H78. The smallest absolute Gasteiger partial charge is 0.0619 e. The molecule has 0 atom stereocenters. The largest absolute Gasteiger partial charge is 0.0636 e. The molecule has 0 amide bonds. The lowest BCUT2D eigenvalue weighted by atomic mass is 9.76. The first-order valence-electron chi connectivity index (χ1n) is 31.5. The van der Waals surface area contributed by atoms with Gasteiger partial charge in [0.2, 0.25) is 0 Å². The van der Waals surface area contributed by atoms with Gasteiger partial charge in [-0.05, 0) is 198 Å². The van der Waals surface area contributed by atoms with Crippen LogP contribution in [0.5, 0.6) is 0 Å². The Labute approximate surface area is 469 Å². The Morgan fingerprint density at radius 1 is 0.179 bits per heavy atom. The number of benzene rings is 9. The lowest BCUT2D eigenvalue weighted by Crippen LogP contribution is -2.07. The van der Waals surface area contributed by atoms with Crippen LogP contribution in [0.3, 0.4) is 0 Å². The molecule has 0 aliphatic heterocycles. The van der Waals surface area contributed by atoms with Gasteiger partial charge in [-0.25, -0.2) is 0 Å². The highest BCUT2D eigenvalue weighted by Gasteiger charge is 2.29. The summed E-state index contributed by atoms with van der Waals surface area (Å²) in [4.78, 5) is 0. The lowest BCUT2D eigenvalue weighted by Gasteiger charge is -2.28. The Morgan fingerprint density at radius 2 is 0.333 bits per heavy atom. The fraction of sp³-hybridized carbons (Fsp3) is 0.308. The molecule has 9 aromatic carbocycles. The summed E-state index contributed by atoms with van der Waals surface area (Å²) in [5.41, 5.74) is 22.6. The maximum absolute atomic E-state index is 11.6. The van der Waals surface area contributed by atoms with Crippen molar-refractivity contribution in [1.82, 2.24) is 0 Å². The minimum Gasteiger partial charge on any atom is -0.0619 e. The molecule has 0 heterocycles. The van der Waals surface area contributed by atoms with Crippen LogP contribution in [0.2, 0.25) is 0 Å². The third-order valence-corrected chi connectivity index (χ3v) is 19.0. The second-order valence-corrected chi connectivity index (χ2v) is 23.6. The van der Waals surface area contributed by atoms with Crippen molar-refractivity contribution in [3.8, 4) is 89.0 Å². The molecule has 0 nitrogen and oxygen atoms in total. The topological polar surface area (TPSA) is 0 Å². The summed E-state index contributed by atoms with van der Waals surface area (Å²) in [7, 11) is 0. The van der Waals surface area contributed by atoms with Crippen molar-refractivity contribution >= 4 is 0 Å². The van der Waals surface area contributed by atoms with Crippen LogP contribution >= 0.6 is 0 Å². The molecule has 0 N–H and O–H groups in total. The highest BCUT2D eigenvalue weighted by atomic mass is 14.3. The zero-order chi connectivity index (χ0) is 53.8. The number of rotatable bonds is 12. The van der Waals surface area contributed by atoms with Crippen LogP contribution in [0.15, 0.2) is 206 Å². The summed E-state index contributed by atoms with van der Waals surface area (Å²) in [6.45, 7) is 0. The van der Waals surface area contributed by atoms with Crippen molar-refractivity contribution in [2.75, 3.05) is 0 Å². The maximum Gasteiger partial charge on any atom is 0.0636 e. The van der Waals surface area contributed by atoms with E-state index in [1.54, 1.807) is 0 Å². The summed E-state index contributed by atoms with van der Waals surface area (Å²) >= 11 is 0. The fourth-order valence-corrected chi connectivity index (χ4v) is 15.1. The van der Waals surface area contributed by atoms with Crippen LogP contribution in [0.1, 0.15) is 177 Å². The van der Waals surface area contributed by atoms with E-state index in [4.69, 9.17) is 0 Å². The molecule has 0 bridgehead atoms. The van der Waals surface area contributed by atoms with E-state index in [0.29, 0.717) is 35.8 Å². The van der Waals surface area contributed by atoms with Gasteiger partial charge >= 0.3 is 0 Å². The average molecular weight is 1020 g/mol. The molecule has 4 aliphatic carbocycles. The Balaban J connectivity index is 1.16. The molecular weight excluding hydrogens is 937 g/mol. The van der Waals surface area contributed by atoms with Gasteiger partial charge in [0.05, 0.1) is 2.74 Å². The van der Waals surface area contributed by atoms with Crippen molar-refractivity contribution < 1.29 is 2.74 Å². The van der Waals surface area contributed by atoms with Gasteiger partial charge in [0.1, 0.15) is 0 Å². The molecule has 0 saturated heterocycles. The van der Waals surface area contributed by atoms with Gasteiger partial charge in [0.15, 0.2) is 0 Å². The summed E-state index contributed by atoms with van der Waals surface area (Å²) in [6, 6.07) is 73.5. The molecule has 0 heteroatoms. The zero-order valence-electron chi connectivity index (χ0n) is 47.9. The maximum atomic E-state index is 11.6. The van der Waals surface area contributed by atoms with Gasteiger partial charge in [-0.1, -0.05) is 271 Å². The van der Waals surface area contributed by atoms with E-state index >= 15 is 0 Å². The molecule has 9 aromatic rings. The van der Waals surface area contributed by atoms with Crippen LogP contribution in [-0.4, -0.2) is 0 Å². The SMILES string of the molecule is [2H]c1c(-c2ccccc2-c2ccccc2C2CCCCC2)c(-c2ccccc2-c2ccccc2C2CCCCC2)c([2H])c(-c2ccccc2-c2ccccc2C2CCCCC2)c1-c1ccccc1-c1ccccc1C1CCCCC1. The van der Waals surface area contributed by atoms with Crippen molar-refractivity contribution in [1.29, 1.82) is 0 Å². The summed E-state index contributed by atoms with van der Waals surface area (Å²) in [5, 5.41) is 0. The normalized spacial score (nSPS) is 17.4. The summed E-state index contributed by atoms with van der Waals surface area (Å²) in [6.07, 6.45) is 24.8. The van der Waals surface area contributed by atoms with E-state index in [1.807, 2.05) is 0 Å². The predicted molar refractivity (Wildman–Crippen MR) is 333 cm³/mol. The van der Waals surface area contributed by atoms with Crippen molar-refractivity contribution in [2.24, 2.45) is 0 Å². The molecule has 78 heavy (non-hydrogen) atoms. The minimum atomic E-state index is 0.474. The van der Waals surface area contributed by atoms with Crippen molar-refractivity contribution in [3.63, 3.8) is 0 Å². The van der Waals surface area contributed by atoms with Crippen LogP contribution in [0.4, 0.5) is 0 Å². The third-order valence-electron chi connectivity index (χ3n) is 19.0. The molecule has 0 aromatic heterocycles. The van der Waals surface area contributed by atoms with Crippen LogP contribution < -0.4 is 0 Å². The first kappa shape index (κ1) is 48.1. The second kappa shape index (κ2) is 23.5. The standard InChI is InChI=1S/C78H78/c1-5-29-55(30-6-1)59-37-13-17-41-63(59)67-45-21-25-49-71(67)75-53-77(73-51-27-23-47-69(73)65-43-19-15-39-61(65)57-33-9-3-10-34-57)78(74-52-28-24-48-70(74)66-44-20-16-40-62(66)58-35-11-4-12-36-58)54-76(75)72-50-26-22-46-68(72)64-42-18-14-38-60(64)56-31-7-2-8-32-56/h13-28,37-58H,1-12,29-36H2/i53D,54D. The van der Waals surface area contributed by atoms with Gasteiger partial charge < -0.3 is 0 Å². The predicted octanol–water partition coefficient (Wildman–Crippen LogP) is 23.2. The first-order chi connectivity index (χ1) is 39.6. The quantitative estimate of drug-likeness (QED) is 0.114. The molecule has 13 rings (SSSR count). The number of hydrogen-bond donors (Lipinski definition) is 0. The molecule has 0 spiro atoms. The Hall–Kier alpha value is -7.02. The minimum absolute atomic E-state index is 0.474. The van der Waals surface area contributed by atoms with E-state index in [0.717, 1.165) is 66.8 Å². The van der Waals surface area contributed by atoms with E-state index in [2.05, 4.69) is 194 Å². The first-order valence-corrected chi connectivity index (χ1v) is 30.5. The molecule has 4 aliphatic rings. The second-order valence-electron chi connectivity index (χ2n) is 23.6. The molecule has 0 unspecified atom stereocenters. The van der Waals surface area contributed by atoms with Crippen molar-refractivity contribution in [3.05, 3.63) is 228 Å². The van der Waals surface area contributed by atoms with E-state index < -0.39 is 0 Å². The zero-order valence-corrected chi connectivity index (χ0v) is 45.9. The summed E-state index contributed by atoms with van der Waals surface area (Å²) in [5.74, 6) is 1.92. The monoisotopic (exact) mass is 1020 g/mol. The average Bonchev–Trinajstić information content (AvgIpc) is 3.55. The van der Waals surface area contributed by atoms with E-state index in [-0.39, 0.29) is 0 Å². The summed E-state index contributed by atoms with van der Waals surface area (Å²) < 4.78 is 23.2. The van der Waals surface area contributed by atoms with Gasteiger partial charge in [0, 0.05) is 0 Å². The van der Waals surface area contributed by atoms with Crippen LogP contribution in [0.25, 0.3) is 89.0 Å². The third kappa shape index (κ3) is 10.2. The Bertz CT molecular complexity index is 3150. The van der Waals surface area contributed by atoms with Gasteiger partial charge in [-0.15, -0.1) is 0 Å².